The number of anilines is 2. The molecule has 2 N–H and O–H groups in total. The average Bonchev–Trinajstić information content (AvgIpc) is 3.25. The number of nitrogens with one attached hydrogen (secondary N) is 2. The number of rotatable bonds is 5. The maximum absolute atomic E-state index is 13.1. The largest absolute Gasteiger partial charge is 0.378 e. The van der Waals surface area contributed by atoms with Gasteiger partial charge in [-0.3, -0.25) is 9.89 Å². The van der Waals surface area contributed by atoms with Gasteiger partial charge >= 0.3 is 0 Å². The van der Waals surface area contributed by atoms with Gasteiger partial charge in [0, 0.05) is 50.5 Å². The summed E-state index contributed by atoms with van der Waals surface area (Å²) in [4.78, 5) is 16.8. The Labute approximate surface area is 175 Å². The Morgan fingerprint density at radius 1 is 1.10 bits per heavy atom. The normalized spacial score (nSPS) is 14.6. The van der Waals surface area contributed by atoms with Gasteiger partial charge in [-0.1, -0.05) is 0 Å². The predicted molar refractivity (Wildman–Crippen MR) is 117 cm³/mol. The number of nitrogens with zero attached hydrogens (tertiary/aromatic N) is 3. The molecule has 2 aromatic carbocycles. The molecule has 0 aliphatic carbocycles. The van der Waals surface area contributed by atoms with E-state index in [4.69, 9.17) is 0 Å². The van der Waals surface area contributed by atoms with Crippen LogP contribution in [0.2, 0.25) is 0 Å². The van der Waals surface area contributed by atoms with E-state index in [1.807, 2.05) is 49.3 Å². The fourth-order valence-electron chi connectivity index (χ4n) is 3.68. The molecule has 1 amide bonds. The van der Waals surface area contributed by atoms with Crippen molar-refractivity contribution in [3.63, 3.8) is 0 Å². The number of hydrogen-bond acceptors (Lipinski definition) is 4. The van der Waals surface area contributed by atoms with E-state index in [0.29, 0.717) is 5.56 Å². The van der Waals surface area contributed by atoms with Crippen molar-refractivity contribution in [1.29, 1.82) is 0 Å². The SMILES string of the molecule is CN(C)c1ccc(C(=O)NC2CCN(c3cc(-c4ccc(F)cc4)[nH]n3)CC2)cc1. The molecule has 0 radical (unpaired) electrons. The molecule has 1 fully saturated rings. The molecule has 0 spiro atoms. The molecule has 0 unspecified atom stereocenters. The summed E-state index contributed by atoms with van der Waals surface area (Å²) in [6.45, 7) is 1.64. The third-order valence-electron chi connectivity index (χ3n) is 5.52. The van der Waals surface area contributed by atoms with E-state index in [1.54, 1.807) is 12.1 Å². The first-order valence-corrected chi connectivity index (χ1v) is 10.1. The van der Waals surface area contributed by atoms with Crippen molar-refractivity contribution >= 4 is 17.4 Å². The second-order valence-electron chi connectivity index (χ2n) is 7.82. The van der Waals surface area contributed by atoms with Crippen LogP contribution in [0.3, 0.4) is 0 Å². The number of carbonyl (C=O) groups is 1. The molecule has 1 saturated heterocycles. The average molecular weight is 407 g/mol. The lowest BCUT2D eigenvalue weighted by Gasteiger charge is -2.32. The fraction of sp³-hybridized carbons (Fsp3) is 0.304. The van der Waals surface area contributed by atoms with E-state index < -0.39 is 0 Å². The summed E-state index contributed by atoms with van der Waals surface area (Å²) in [6.07, 6.45) is 1.72. The second kappa shape index (κ2) is 8.57. The molecule has 30 heavy (non-hydrogen) atoms. The number of H-pyrrole nitrogens is 1. The zero-order valence-corrected chi connectivity index (χ0v) is 17.2. The van der Waals surface area contributed by atoms with Crippen molar-refractivity contribution in [3.8, 4) is 11.3 Å². The van der Waals surface area contributed by atoms with Gasteiger partial charge in [0.15, 0.2) is 5.82 Å². The molecule has 4 rings (SSSR count). The van der Waals surface area contributed by atoms with Gasteiger partial charge in [-0.05, 0) is 66.9 Å². The van der Waals surface area contributed by atoms with E-state index in [-0.39, 0.29) is 17.8 Å². The molecular weight excluding hydrogens is 381 g/mol. The van der Waals surface area contributed by atoms with Crippen molar-refractivity contribution in [3.05, 3.63) is 66.0 Å². The van der Waals surface area contributed by atoms with E-state index in [0.717, 1.165) is 48.7 Å². The minimum Gasteiger partial charge on any atom is -0.378 e. The summed E-state index contributed by atoms with van der Waals surface area (Å²) in [5.74, 6) is 0.590. The van der Waals surface area contributed by atoms with Crippen LogP contribution in [-0.2, 0) is 0 Å². The Balaban J connectivity index is 1.32. The van der Waals surface area contributed by atoms with Crippen LogP contribution in [0.25, 0.3) is 11.3 Å². The smallest absolute Gasteiger partial charge is 0.251 e. The molecule has 1 aliphatic rings. The Kier molecular flexibility index (Phi) is 5.70. The highest BCUT2D eigenvalue weighted by Gasteiger charge is 2.23. The number of carbonyl (C=O) groups excluding carboxylic acids is 1. The number of amides is 1. The lowest BCUT2D eigenvalue weighted by molar-refractivity contribution is 0.0931. The minimum absolute atomic E-state index is 0.0304. The zero-order valence-electron chi connectivity index (χ0n) is 17.2. The molecule has 0 saturated carbocycles. The monoisotopic (exact) mass is 407 g/mol. The van der Waals surface area contributed by atoms with E-state index in [9.17, 15) is 9.18 Å². The Morgan fingerprint density at radius 2 is 1.77 bits per heavy atom. The number of aromatic nitrogens is 2. The van der Waals surface area contributed by atoms with Crippen molar-refractivity contribution < 1.29 is 9.18 Å². The molecule has 7 heteroatoms. The first kappa shape index (κ1) is 19.9. The second-order valence-corrected chi connectivity index (χ2v) is 7.82. The highest BCUT2D eigenvalue weighted by atomic mass is 19.1. The van der Waals surface area contributed by atoms with Gasteiger partial charge in [0.25, 0.3) is 5.91 Å². The molecule has 1 aliphatic heterocycles. The molecule has 3 aromatic rings. The maximum Gasteiger partial charge on any atom is 0.251 e. The number of aromatic amines is 1. The van der Waals surface area contributed by atoms with Crippen LogP contribution >= 0.6 is 0 Å². The molecule has 1 aromatic heterocycles. The molecule has 0 bridgehead atoms. The van der Waals surface area contributed by atoms with Gasteiger partial charge < -0.3 is 15.1 Å². The summed E-state index contributed by atoms with van der Waals surface area (Å²) in [6, 6.07) is 16.1. The lowest BCUT2D eigenvalue weighted by Crippen LogP contribution is -2.44. The first-order chi connectivity index (χ1) is 14.5. The summed E-state index contributed by atoms with van der Waals surface area (Å²) in [5.41, 5.74) is 3.51. The third-order valence-corrected chi connectivity index (χ3v) is 5.52. The summed E-state index contributed by atoms with van der Waals surface area (Å²) >= 11 is 0. The molecule has 6 nitrogen and oxygen atoms in total. The van der Waals surface area contributed by atoms with Crippen molar-refractivity contribution in [2.75, 3.05) is 37.0 Å². The van der Waals surface area contributed by atoms with Crippen LogP contribution in [0.15, 0.2) is 54.6 Å². The van der Waals surface area contributed by atoms with Gasteiger partial charge in [-0.25, -0.2) is 4.39 Å². The number of halogens is 1. The number of hydrogen-bond donors (Lipinski definition) is 2. The molecule has 0 atom stereocenters. The molecule has 2 heterocycles. The highest BCUT2D eigenvalue weighted by molar-refractivity contribution is 5.94. The minimum atomic E-state index is -0.253. The summed E-state index contributed by atoms with van der Waals surface area (Å²) in [5, 5.41) is 10.6. The summed E-state index contributed by atoms with van der Waals surface area (Å²) < 4.78 is 13.1. The maximum atomic E-state index is 13.1. The fourth-order valence-corrected chi connectivity index (χ4v) is 3.68. The van der Waals surface area contributed by atoms with E-state index in [2.05, 4.69) is 20.4 Å². The molecule has 156 valence electrons. The Hall–Kier alpha value is -3.35. The van der Waals surface area contributed by atoms with Crippen LogP contribution in [0.4, 0.5) is 15.9 Å². The van der Waals surface area contributed by atoms with Crippen molar-refractivity contribution in [1.82, 2.24) is 15.5 Å². The zero-order chi connectivity index (χ0) is 21.1. The van der Waals surface area contributed by atoms with Gasteiger partial charge in [-0.15, -0.1) is 0 Å². The van der Waals surface area contributed by atoms with Gasteiger partial charge in [0.2, 0.25) is 0 Å². The Morgan fingerprint density at radius 3 is 2.40 bits per heavy atom. The van der Waals surface area contributed by atoms with Crippen LogP contribution in [0, 0.1) is 5.82 Å². The highest BCUT2D eigenvalue weighted by Crippen LogP contribution is 2.24. The van der Waals surface area contributed by atoms with Crippen LogP contribution in [0.1, 0.15) is 23.2 Å². The first-order valence-electron chi connectivity index (χ1n) is 10.1. The predicted octanol–water partition coefficient (Wildman–Crippen LogP) is 3.68. The summed E-state index contributed by atoms with van der Waals surface area (Å²) in [7, 11) is 3.95. The standard InChI is InChI=1S/C23H26FN5O/c1-28(2)20-9-5-17(6-10-20)23(30)25-19-11-13-29(14-12-19)22-15-21(26-27-22)16-3-7-18(24)8-4-16/h3-10,15,19H,11-14H2,1-2H3,(H,25,30)(H,26,27). The molecular formula is C23H26FN5O. The quantitative estimate of drug-likeness (QED) is 0.677. The number of benzene rings is 2. The third kappa shape index (κ3) is 4.45. The van der Waals surface area contributed by atoms with Crippen LogP contribution in [0.5, 0.6) is 0 Å². The Bertz CT molecular complexity index is 989. The van der Waals surface area contributed by atoms with Gasteiger partial charge in [-0.2, -0.15) is 5.10 Å². The van der Waals surface area contributed by atoms with Gasteiger partial charge in [0.05, 0.1) is 5.69 Å². The van der Waals surface area contributed by atoms with Crippen molar-refractivity contribution in [2.45, 2.75) is 18.9 Å². The van der Waals surface area contributed by atoms with E-state index in [1.165, 1.54) is 12.1 Å². The topological polar surface area (TPSA) is 64.3 Å². The van der Waals surface area contributed by atoms with Gasteiger partial charge in [0.1, 0.15) is 5.82 Å². The van der Waals surface area contributed by atoms with Crippen LogP contribution < -0.4 is 15.1 Å². The number of piperidine rings is 1. The van der Waals surface area contributed by atoms with Crippen LogP contribution in [-0.4, -0.2) is 49.3 Å². The van der Waals surface area contributed by atoms with E-state index >= 15 is 0 Å². The lowest BCUT2D eigenvalue weighted by atomic mass is 10.0. The van der Waals surface area contributed by atoms with Crippen molar-refractivity contribution in [2.24, 2.45) is 0 Å².